The number of anilines is 1. The van der Waals surface area contributed by atoms with Gasteiger partial charge in [-0.05, 0) is 56.8 Å². The molecule has 0 unspecified atom stereocenters. The third kappa shape index (κ3) is 4.05. The van der Waals surface area contributed by atoms with Gasteiger partial charge in [0.25, 0.3) is 0 Å². The SMILES string of the molecule is CC(=O)Nc1nc2c(s1)-c1c(c(-c3cccnc3)nn1-c1cc(CN(C)C)ccc1F)CC2. The van der Waals surface area contributed by atoms with E-state index >= 15 is 4.39 Å². The van der Waals surface area contributed by atoms with Crippen molar-refractivity contribution >= 4 is 22.4 Å². The van der Waals surface area contributed by atoms with Crippen LogP contribution in [-0.4, -0.2) is 44.7 Å². The summed E-state index contributed by atoms with van der Waals surface area (Å²) in [5, 5.41) is 8.22. The highest BCUT2D eigenvalue weighted by Crippen LogP contribution is 2.44. The molecule has 0 radical (unpaired) electrons. The molecular formula is C24H23FN6OS. The highest BCUT2D eigenvalue weighted by molar-refractivity contribution is 7.19. The van der Waals surface area contributed by atoms with Crippen molar-refractivity contribution in [2.24, 2.45) is 0 Å². The first-order valence-corrected chi connectivity index (χ1v) is 11.5. The van der Waals surface area contributed by atoms with Crippen molar-refractivity contribution in [3.63, 3.8) is 0 Å². The molecule has 1 N–H and O–H groups in total. The predicted molar refractivity (Wildman–Crippen MR) is 127 cm³/mol. The monoisotopic (exact) mass is 462 g/mol. The molecule has 0 atom stereocenters. The lowest BCUT2D eigenvalue weighted by Crippen LogP contribution is -2.12. The number of rotatable bonds is 5. The van der Waals surface area contributed by atoms with Gasteiger partial charge in [0.05, 0.1) is 22.0 Å². The number of pyridine rings is 1. The summed E-state index contributed by atoms with van der Waals surface area (Å²) < 4.78 is 16.9. The Kier molecular flexibility index (Phi) is 5.51. The van der Waals surface area contributed by atoms with Gasteiger partial charge in [-0.1, -0.05) is 17.4 Å². The van der Waals surface area contributed by atoms with Crippen LogP contribution in [0.1, 0.15) is 23.7 Å². The lowest BCUT2D eigenvalue weighted by atomic mass is 9.95. The van der Waals surface area contributed by atoms with E-state index in [1.54, 1.807) is 23.1 Å². The van der Waals surface area contributed by atoms with Gasteiger partial charge in [-0.25, -0.2) is 14.1 Å². The molecule has 33 heavy (non-hydrogen) atoms. The van der Waals surface area contributed by atoms with Crippen LogP contribution >= 0.6 is 11.3 Å². The molecular weight excluding hydrogens is 439 g/mol. The molecule has 0 bridgehead atoms. The summed E-state index contributed by atoms with van der Waals surface area (Å²) in [6, 6.07) is 8.97. The number of amides is 1. The number of thiazole rings is 1. The van der Waals surface area contributed by atoms with E-state index in [4.69, 9.17) is 5.10 Å². The average molecular weight is 463 g/mol. The molecule has 0 saturated carbocycles. The summed E-state index contributed by atoms with van der Waals surface area (Å²) in [5.74, 6) is -0.521. The number of hydrogen-bond donors (Lipinski definition) is 1. The van der Waals surface area contributed by atoms with Crippen LogP contribution in [0.2, 0.25) is 0 Å². The maximum Gasteiger partial charge on any atom is 0.223 e. The number of aryl methyl sites for hydroxylation is 1. The summed E-state index contributed by atoms with van der Waals surface area (Å²) in [4.78, 5) is 23.4. The van der Waals surface area contributed by atoms with Crippen molar-refractivity contribution < 1.29 is 9.18 Å². The molecule has 3 heterocycles. The largest absolute Gasteiger partial charge is 0.305 e. The van der Waals surface area contributed by atoms with Crippen LogP contribution in [-0.2, 0) is 24.2 Å². The molecule has 5 rings (SSSR count). The van der Waals surface area contributed by atoms with Gasteiger partial charge in [0, 0.05) is 37.0 Å². The molecule has 1 aromatic carbocycles. The smallest absolute Gasteiger partial charge is 0.223 e. The quantitative estimate of drug-likeness (QED) is 0.478. The highest BCUT2D eigenvalue weighted by atomic mass is 32.1. The molecule has 168 valence electrons. The van der Waals surface area contributed by atoms with Gasteiger partial charge < -0.3 is 10.2 Å². The first-order valence-electron chi connectivity index (χ1n) is 10.6. The van der Waals surface area contributed by atoms with Crippen LogP contribution < -0.4 is 5.32 Å². The number of fused-ring (bicyclic) bond motifs is 3. The lowest BCUT2D eigenvalue weighted by Gasteiger charge is -2.16. The summed E-state index contributed by atoms with van der Waals surface area (Å²) in [7, 11) is 3.96. The fourth-order valence-corrected chi connectivity index (χ4v) is 5.28. The Morgan fingerprint density at radius 3 is 2.85 bits per heavy atom. The minimum atomic E-state index is -0.348. The number of carbonyl (C=O) groups excluding carboxylic acids is 1. The summed E-state index contributed by atoms with van der Waals surface area (Å²) in [6.45, 7) is 2.15. The Bertz CT molecular complexity index is 1340. The van der Waals surface area contributed by atoms with Gasteiger partial charge in [-0.15, -0.1) is 0 Å². The number of nitrogens with one attached hydrogen (secondary N) is 1. The zero-order valence-corrected chi connectivity index (χ0v) is 19.4. The van der Waals surface area contributed by atoms with Crippen molar-refractivity contribution in [2.45, 2.75) is 26.3 Å². The number of hydrogen-bond acceptors (Lipinski definition) is 6. The molecule has 1 aliphatic rings. The van der Waals surface area contributed by atoms with E-state index in [1.807, 2.05) is 37.2 Å². The van der Waals surface area contributed by atoms with Crippen LogP contribution in [0.3, 0.4) is 0 Å². The average Bonchev–Trinajstić information content (AvgIpc) is 3.35. The van der Waals surface area contributed by atoms with Crippen molar-refractivity contribution in [3.05, 3.63) is 65.4 Å². The van der Waals surface area contributed by atoms with Gasteiger partial charge in [-0.3, -0.25) is 9.78 Å². The maximum atomic E-state index is 15.2. The molecule has 0 fully saturated rings. The van der Waals surface area contributed by atoms with Crippen molar-refractivity contribution in [1.29, 1.82) is 0 Å². The molecule has 0 saturated heterocycles. The summed E-state index contributed by atoms with van der Waals surface area (Å²) in [6.07, 6.45) is 4.93. The van der Waals surface area contributed by atoms with E-state index in [2.05, 4.69) is 15.3 Å². The Labute approximate surface area is 194 Å². The van der Waals surface area contributed by atoms with Crippen molar-refractivity contribution in [3.8, 4) is 27.5 Å². The second kappa shape index (κ2) is 8.49. The van der Waals surface area contributed by atoms with Gasteiger partial charge in [-0.2, -0.15) is 5.10 Å². The number of nitrogens with zero attached hydrogens (tertiary/aromatic N) is 5. The van der Waals surface area contributed by atoms with Crippen LogP contribution in [0.15, 0.2) is 42.7 Å². The molecule has 0 aliphatic heterocycles. The number of carbonyl (C=O) groups is 1. The van der Waals surface area contributed by atoms with Crippen LogP contribution in [0.5, 0.6) is 0 Å². The van der Waals surface area contributed by atoms with Gasteiger partial charge >= 0.3 is 0 Å². The lowest BCUT2D eigenvalue weighted by molar-refractivity contribution is -0.114. The Morgan fingerprint density at radius 1 is 1.27 bits per heavy atom. The minimum Gasteiger partial charge on any atom is -0.305 e. The molecule has 4 aromatic rings. The third-order valence-electron chi connectivity index (χ3n) is 5.46. The molecule has 0 spiro atoms. The Morgan fingerprint density at radius 2 is 2.12 bits per heavy atom. The Hall–Kier alpha value is -3.43. The van der Waals surface area contributed by atoms with Crippen LogP contribution in [0.25, 0.3) is 27.5 Å². The maximum absolute atomic E-state index is 15.2. The normalized spacial score (nSPS) is 12.5. The Balaban J connectivity index is 1.74. The van der Waals surface area contributed by atoms with E-state index in [0.29, 0.717) is 17.4 Å². The van der Waals surface area contributed by atoms with Crippen molar-refractivity contribution in [1.82, 2.24) is 24.6 Å². The number of benzene rings is 1. The van der Waals surface area contributed by atoms with Gasteiger partial charge in [0.1, 0.15) is 11.5 Å². The second-order valence-corrected chi connectivity index (χ2v) is 9.33. The molecule has 1 aliphatic carbocycles. The molecule has 7 nitrogen and oxygen atoms in total. The predicted octanol–water partition coefficient (Wildman–Crippen LogP) is 4.32. The van der Waals surface area contributed by atoms with Crippen molar-refractivity contribution in [2.75, 3.05) is 19.4 Å². The van der Waals surface area contributed by atoms with Gasteiger partial charge in [0.2, 0.25) is 5.91 Å². The first kappa shape index (κ1) is 21.4. The van der Waals surface area contributed by atoms with Gasteiger partial charge in [0.15, 0.2) is 5.13 Å². The van der Waals surface area contributed by atoms with E-state index in [1.165, 1.54) is 24.3 Å². The fourth-order valence-electron chi connectivity index (χ4n) is 4.17. The summed E-state index contributed by atoms with van der Waals surface area (Å²) >= 11 is 1.39. The van der Waals surface area contributed by atoms with Crippen LogP contribution in [0.4, 0.5) is 9.52 Å². The van der Waals surface area contributed by atoms with Crippen LogP contribution in [0, 0.1) is 5.82 Å². The van der Waals surface area contributed by atoms with E-state index in [0.717, 1.165) is 51.5 Å². The molecule has 1 amide bonds. The summed E-state index contributed by atoms with van der Waals surface area (Å²) in [5.41, 5.74) is 5.80. The fraction of sp³-hybridized carbons (Fsp3) is 0.250. The molecule has 3 aromatic heterocycles. The zero-order valence-electron chi connectivity index (χ0n) is 18.6. The number of halogens is 1. The topological polar surface area (TPSA) is 75.9 Å². The first-order chi connectivity index (χ1) is 15.9. The zero-order chi connectivity index (χ0) is 23.1. The van der Waals surface area contributed by atoms with E-state index < -0.39 is 0 Å². The number of aromatic nitrogens is 4. The minimum absolute atomic E-state index is 0.173. The standard InChI is InChI=1S/C24H23FN6OS/c1-14(32)27-24-28-19-9-7-17-21(16-5-4-10-26-12-16)29-31(22(17)23(19)33-24)20-11-15(13-30(2)3)6-8-18(20)25/h4-6,8,10-12H,7,9,13H2,1-3H3,(H,27,28,32). The highest BCUT2D eigenvalue weighted by Gasteiger charge is 2.30. The van der Waals surface area contributed by atoms with E-state index in [-0.39, 0.29) is 11.7 Å². The second-order valence-electron chi connectivity index (χ2n) is 8.33. The molecule has 9 heteroatoms. The third-order valence-corrected chi connectivity index (χ3v) is 6.48. The van der Waals surface area contributed by atoms with E-state index in [9.17, 15) is 4.79 Å².